The Morgan fingerprint density at radius 1 is 1.48 bits per heavy atom. The van der Waals surface area contributed by atoms with Crippen LogP contribution in [0.2, 0.25) is 0 Å². The Morgan fingerprint density at radius 2 is 2.33 bits per heavy atom. The second kappa shape index (κ2) is 5.80. The van der Waals surface area contributed by atoms with Crippen molar-refractivity contribution in [2.24, 2.45) is 0 Å². The molecule has 1 aliphatic rings. The first kappa shape index (κ1) is 14.6. The second-order valence-corrected chi connectivity index (χ2v) is 7.64. The molecule has 1 atom stereocenters. The molecule has 2 aromatic heterocycles. The van der Waals surface area contributed by atoms with Gasteiger partial charge < -0.3 is 4.74 Å². The number of aryl methyl sites for hydroxylation is 1. The third-order valence-electron chi connectivity index (χ3n) is 3.30. The van der Waals surface area contributed by atoms with Gasteiger partial charge in [-0.3, -0.25) is 4.98 Å². The van der Waals surface area contributed by atoms with E-state index in [1.54, 1.807) is 18.3 Å². The predicted molar refractivity (Wildman–Crippen MR) is 78.5 cm³/mol. The van der Waals surface area contributed by atoms with Gasteiger partial charge in [0.1, 0.15) is 4.90 Å². The number of aromatic nitrogens is 2. The summed E-state index contributed by atoms with van der Waals surface area (Å²) >= 11 is 1.51. The smallest absolute Gasteiger partial charge is 0.245 e. The summed E-state index contributed by atoms with van der Waals surface area (Å²) in [6, 6.07) is 2.80. The normalized spacial score (nSPS) is 20.5. The molecule has 1 aliphatic heterocycles. The Kier molecular flexibility index (Phi) is 4.03. The topological polar surface area (TPSA) is 72.4 Å². The molecule has 2 aromatic rings. The van der Waals surface area contributed by atoms with E-state index in [9.17, 15) is 8.42 Å². The lowest BCUT2D eigenvalue weighted by Crippen LogP contribution is -2.43. The van der Waals surface area contributed by atoms with E-state index in [4.69, 9.17) is 4.74 Å². The summed E-state index contributed by atoms with van der Waals surface area (Å²) in [6.45, 7) is 2.93. The van der Waals surface area contributed by atoms with Gasteiger partial charge in [-0.05, 0) is 19.1 Å². The molecule has 1 fully saturated rings. The standard InChI is InChI=1S/C13H15N3O3S2/c1-10-15-12(9-20-10)13-8-19-6-5-16(13)21(17,18)11-3-2-4-14-7-11/h2-4,7,9,13H,5-6,8H2,1H3/t13-/m0/s1. The first-order chi connectivity index (χ1) is 10.1. The number of rotatable bonds is 3. The molecule has 112 valence electrons. The molecule has 0 unspecified atom stereocenters. The molecule has 0 bridgehead atoms. The molecule has 3 heterocycles. The number of morpholine rings is 1. The number of ether oxygens (including phenoxy) is 1. The van der Waals surface area contributed by atoms with Crippen LogP contribution in [0, 0.1) is 6.92 Å². The van der Waals surface area contributed by atoms with Gasteiger partial charge in [0.25, 0.3) is 0 Å². The van der Waals surface area contributed by atoms with Crippen LogP contribution in [0.15, 0.2) is 34.8 Å². The minimum absolute atomic E-state index is 0.198. The average molecular weight is 325 g/mol. The molecule has 0 radical (unpaired) electrons. The monoisotopic (exact) mass is 325 g/mol. The largest absolute Gasteiger partial charge is 0.378 e. The zero-order valence-corrected chi connectivity index (χ0v) is 13.1. The highest BCUT2D eigenvalue weighted by atomic mass is 32.2. The van der Waals surface area contributed by atoms with Gasteiger partial charge in [0.05, 0.1) is 30.0 Å². The van der Waals surface area contributed by atoms with E-state index >= 15 is 0 Å². The van der Waals surface area contributed by atoms with Gasteiger partial charge in [-0.1, -0.05) is 0 Å². The van der Waals surface area contributed by atoms with Gasteiger partial charge in [-0.25, -0.2) is 13.4 Å². The Balaban J connectivity index is 1.98. The van der Waals surface area contributed by atoms with Crippen LogP contribution < -0.4 is 0 Å². The van der Waals surface area contributed by atoms with Crippen molar-refractivity contribution in [3.05, 3.63) is 40.6 Å². The molecule has 0 aliphatic carbocycles. The summed E-state index contributed by atoms with van der Waals surface area (Å²) in [5.41, 5.74) is 0.740. The Morgan fingerprint density at radius 3 is 3.00 bits per heavy atom. The molecule has 1 saturated heterocycles. The van der Waals surface area contributed by atoms with E-state index in [2.05, 4.69) is 9.97 Å². The van der Waals surface area contributed by atoms with E-state index in [0.29, 0.717) is 19.8 Å². The summed E-state index contributed by atoms with van der Waals surface area (Å²) in [6.07, 6.45) is 2.92. The minimum Gasteiger partial charge on any atom is -0.378 e. The molecule has 0 saturated carbocycles. The quantitative estimate of drug-likeness (QED) is 0.857. The highest BCUT2D eigenvalue weighted by Crippen LogP contribution is 2.30. The number of sulfonamides is 1. The number of hydrogen-bond donors (Lipinski definition) is 0. The van der Waals surface area contributed by atoms with Crippen molar-refractivity contribution in [2.45, 2.75) is 17.9 Å². The summed E-state index contributed by atoms with van der Waals surface area (Å²) in [7, 11) is -3.59. The van der Waals surface area contributed by atoms with E-state index in [1.807, 2.05) is 12.3 Å². The van der Waals surface area contributed by atoms with Crippen molar-refractivity contribution in [2.75, 3.05) is 19.8 Å². The Hall–Kier alpha value is -1.35. The van der Waals surface area contributed by atoms with Crippen LogP contribution in [0.25, 0.3) is 0 Å². The summed E-state index contributed by atoms with van der Waals surface area (Å²) < 4.78 is 32.5. The van der Waals surface area contributed by atoms with Crippen LogP contribution >= 0.6 is 11.3 Å². The third-order valence-corrected chi connectivity index (χ3v) is 5.98. The van der Waals surface area contributed by atoms with Crippen molar-refractivity contribution in [1.82, 2.24) is 14.3 Å². The van der Waals surface area contributed by atoms with Crippen molar-refractivity contribution < 1.29 is 13.2 Å². The maximum Gasteiger partial charge on any atom is 0.245 e. The lowest BCUT2D eigenvalue weighted by Gasteiger charge is -2.33. The molecule has 0 amide bonds. The molecule has 0 spiro atoms. The highest BCUT2D eigenvalue weighted by molar-refractivity contribution is 7.89. The van der Waals surface area contributed by atoms with Crippen LogP contribution in [0.3, 0.4) is 0 Å². The first-order valence-corrected chi connectivity index (χ1v) is 8.82. The number of hydrogen-bond acceptors (Lipinski definition) is 6. The van der Waals surface area contributed by atoms with Gasteiger partial charge in [0.2, 0.25) is 10.0 Å². The fraction of sp³-hybridized carbons (Fsp3) is 0.385. The Labute approximate surface area is 127 Å². The first-order valence-electron chi connectivity index (χ1n) is 6.50. The van der Waals surface area contributed by atoms with Gasteiger partial charge in [-0.15, -0.1) is 11.3 Å². The highest BCUT2D eigenvalue weighted by Gasteiger charge is 2.36. The zero-order valence-electron chi connectivity index (χ0n) is 11.5. The third kappa shape index (κ3) is 2.84. The summed E-state index contributed by atoms with van der Waals surface area (Å²) in [4.78, 5) is 8.50. The Bertz CT molecular complexity index is 715. The molecule has 6 nitrogen and oxygen atoms in total. The lowest BCUT2D eigenvalue weighted by molar-refractivity contribution is 0.0307. The lowest BCUT2D eigenvalue weighted by atomic mass is 10.2. The molecule has 0 aromatic carbocycles. The van der Waals surface area contributed by atoms with E-state index in [1.165, 1.54) is 21.8 Å². The number of nitrogens with zero attached hydrogens (tertiary/aromatic N) is 3. The van der Waals surface area contributed by atoms with Gasteiger partial charge in [-0.2, -0.15) is 4.31 Å². The molecule has 8 heteroatoms. The zero-order chi connectivity index (χ0) is 14.9. The number of thiazole rings is 1. The molecule has 3 rings (SSSR count). The molecular formula is C13H15N3O3S2. The van der Waals surface area contributed by atoms with Crippen LogP contribution in [0.5, 0.6) is 0 Å². The fourth-order valence-electron chi connectivity index (χ4n) is 2.28. The van der Waals surface area contributed by atoms with Crippen LogP contribution in [0.4, 0.5) is 0 Å². The van der Waals surface area contributed by atoms with Gasteiger partial charge in [0.15, 0.2) is 0 Å². The molecule has 21 heavy (non-hydrogen) atoms. The maximum atomic E-state index is 12.8. The second-order valence-electron chi connectivity index (χ2n) is 4.69. The van der Waals surface area contributed by atoms with Crippen LogP contribution in [-0.2, 0) is 14.8 Å². The fourth-order valence-corrected chi connectivity index (χ4v) is 4.47. The average Bonchev–Trinajstić information content (AvgIpc) is 2.95. The van der Waals surface area contributed by atoms with Crippen LogP contribution in [-0.4, -0.2) is 42.4 Å². The van der Waals surface area contributed by atoms with Crippen molar-refractivity contribution >= 4 is 21.4 Å². The number of pyridine rings is 1. The summed E-state index contributed by atoms with van der Waals surface area (Å²) in [5, 5.41) is 2.80. The summed E-state index contributed by atoms with van der Waals surface area (Å²) in [5.74, 6) is 0. The molecular weight excluding hydrogens is 310 g/mol. The molecule has 0 N–H and O–H groups in total. The SMILES string of the molecule is Cc1nc([C@@H]2COCCN2S(=O)(=O)c2cccnc2)cs1. The van der Waals surface area contributed by atoms with Crippen LogP contribution in [0.1, 0.15) is 16.7 Å². The van der Waals surface area contributed by atoms with E-state index in [0.717, 1.165) is 10.7 Å². The predicted octanol–water partition coefficient (Wildman–Crippen LogP) is 1.61. The van der Waals surface area contributed by atoms with Crippen molar-refractivity contribution in [3.8, 4) is 0 Å². The maximum absolute atomic E-state index is 12.8. The van der Waals surface area contributed by atoms with Gasteiger partial charge >= 0.3 is 0 Å². The van der Waals surface area contributed by atoms with Crippen molar-refractivity contribution in [1.29, 1.82) is 0 Å². The van der Waals surface area contributed by atoms with E-state index < -0.39 is 10.0 Å². The van der Waals surface area contributed by atoms with Gasteiger partial charge in [0, 0.05) is 24.3 Å². The van der Waals surface area contributed by atoms with E-state index in [-0.39, 0.29) is 10.9 Å². The van der Waals surface area contributed by atoms with Crippen molar-refractivity contribution in [3.63, 3.8) is 0 Å². The minimum atomic E-state index is -3.59.